The van der Waals surface area contributed by atoms with Crippen molar-refractivity contribution in [2.24, 2.45) is 5.92 Å². The number of para-hydroxylation sites is 1. The van der Waals surface area contributed by atoms with Crippen LogP contribution < -0.4 is 10.9 Å². The molecule has 4 rings (SSSR count). The van der Waals surface area contributed by atoms with E-state index in [1.54, 1.807) is 21.6 Å². The van der Waals surface area contributed by atoms with E-state index in [9.17, 15) is 19.7 Å². The highest BCUT2D eigenvalue weighted by Gasteiger charge is 2.28. The van der Waals surface area contributed by atoms with Gasteiger partial charge in [0.2, 0.25) is 0 Å². The summed E-state index contributed by atoms with van der Waals surface area (Å²) in [5.41, 5.74) is 3.35. The number of nitro groups is 1. The van der Waals surface area contributed by atoms with Crippen LogP contribution in [-0.2, 0) is 0 Å². The third kappa shape index (κ3) is 5.41. The molecule has 0 spiro atoms. The number of carbonyl (C=O) groups is 1. The maximum absolute atomic E-state index is 13.9. The molecule has 0 saturated carbocycles. The number of hydrogen-bond acceptors (Lipinski definition) is 5. The zero-order valence-corrected chi connectivity index (χ0v) is 22.1. The van der Waals surface area contributed by atoms with Crippen molar-refractivity contribution < 1.29 is 9.72 Å². The van der Waals surface area contributed by atoms with E-state index in [0.717, 1.165) is 16.8 Å². The van der Waals surface area contributed by atoms with Crippen LogP contribution in [0, 0.1) is 29.9 Å². The molecule has 0 aliphatic carbocycles. The van der Waals surface area contributed by atoms with Crippen molar-refractivity contribution in [1.29, 1.82) is 0 Å². The van der Waals surface area contributed by atoms with Crippen molar-refractivity contribution in [2.75, 3.05) is 11.9 Å². The highest BCUT2D eigenvalue weighted by Crippen LogP contribution is 2.26. The van der Waals surface area contributed by atoms with Crippen LogP contribution in [0.25, 0.3) is 16.6 Å². The number of rotatable bonds is 7. The molecule has 9 heteroatoms. The van der Waals surface area contributed by atoms with Crippen molar-refractivity contribution in [2.45, 2.75) is 40.7 Å². The van der Waals surface area contributed by atoms with Crippen molar-refractivity contribution in [3.63, 3.8) is 0 Å². The zero-order valence-electron chi connectivity index (χ0n) is 22.1. The zero-order chi connectivity index (χ0) is 27.6. The summed E-state index contributed by atoms with van der Waals surface area (Å²) < 4.78 is 1.61. The lowest BCUT2D eigenvalue weighted by atomic mass is 10.1. The smallest absolute Gasteiger partial charge is 0.314 e. The average Bonchev–Trinajstić information content (AvgIpc) is 2.88. The molecule has 4 aromatic rings. The molecule has 1 aromatic heterocycles. The average molecular weight is 514 g/mol. The Morgan fingerprint density at radius 2 is 1.74 bits per heavy atom. The Labute approximate surface area is 220 Å². The van der Waals surface area contributed by atoms with Gasteiger partial charge < -0.3 is 10.2 Å². The third-order valence-corrected chi connectivity index (χ3v) is 6.40. The second-order valence-electron chi connectivity index (χ2n) is 9.87. The first-order valence-electron chi connectivity index (χ1n) is 12.5. The SMILES string of the molecule is Cc1ccc(C)c(-n2c(C(C)N(CC(C)C)C(=O)Nc3ccc([N+](=O)[O-])cc3)nc3ccccc3c2=O)c1. The Hall–Kier alpha value is -4.53. The van der Waals surface area contributed by atoms with Gasteiger partial charge in [-0.2, -0.15) is 0 Å². The predicted octanol–water partition coefficient (Wildman–Crippen LogP) is 6.16. The molecule has 196 valence electrons. The van der Waals surface area contributed by atoms with Crippen molar-refractivity contribution in [3.8, 4) is 5.69 Å². The molecular weight excluding hydrogens is 482 g/mol. The van der Waals surface area contributed by atoms with Gasteiger partial charge in [-0.3, -0.25) is 19.5 Å². The molecular formula is C29H31N5O4. The van der Waals surface area contributed by atoms with Crippen LogP contribution in [0.5, 0.6) is 0 Å². The fraction of sp³-hybridized carbons (Fsp3) is 0.276. The van der Waals surface area contributed by atoms with Gasteiger partial charge in [0.25, 0.3) is 11.2 Å². The van der Waals surface area contributed by atoms with Crippen LogP contribution in [0.4, 0.5) is 16.2 Å². The lowest BCUT2D eigenvalue weighted by molar-refractivity contribution is -0.384. The number of nitrogens with zero attached hydrogens (tertiary/aromatic N) is 4. The van der Waals surface area contributed by atoms with E-state index < -0.39 is 17.0 Å². The normalized spacial score (nSPS) is 11.9. The summed E-state index contributed by atoms with van der Waals surface area (Å²) in [5, 5.41) is 14.3. The van der Waals surface area contributed by atoms with E-state index in [0.29, 0.717) is 29.0 Å². The van der Waals surface area contributed by atoms with E-state index in [1.165, 1.54) is 24.3 Å². The summed E-state index contributed by atoms with van der Waals surface area (Å²) in [6.45, 7) is 10.2. The number of non-ortho nitro benzene ring substituents is 1. The number of hydrogen-bond donors (Lipinski definition) is 1. The van der Waals surface area contributed by atoms with Gasteiger partial charge in [-0.25, -0.2) is 9.78 Å². The molecule has 1 heterocycles. The van der Waals surface area contributed by atoms with Crippen LogP contribution >= 0.6 is 0 Å². The summed E-state index contributed by atoms with van der Waals surface area (Å²) in [6.07, 6.45) is 0. The summed E-state index contributed by atoms with van der Waals surface area (Å²) in [4.78, 5) is 44.5. The monoisotopic (exact) mass is 513 g/mol. The van der Waals surface area contributed by atoms with E-state index in [2.05, 4.69) is 5.32 Å². The number of benzene rings is 3. The number of fused-ring (bicyclic) bond motifs is 1. The first-order valence-corrected chi connectivity index (χ1v) is 12.5. The molecule has 0 aliphatic heterocycles. The minimum atomic E-state index is -0.576. The van der Waals surface area contributed by atoms with Gasteiger partial charge in [-0.1, -0.05) is 38.1 Å². The van der Waals surface area contributed by atoms with Crippen LogP contribution in [0.2, 0.25) is 0 Å². The van der Waals surface area contributed by atoms with Gasteiger partial charge in [-0.05, 0) is 68.1 Å². The fourth-order valence-electron chi connectivity index (χ4n) is 4.43. The molecule has 0 bridgehead atoms. The van der Waals surface area contributed by atoms with E-state index in [4.69, 9.17) is 4.98 Å². The molecule has 2 amide bonds. The molecule has 1 N–H and O–H groups in total. The van der Waals surface area contributed by atoms with E-state index in [1.807, 2.05) is 65.0 Å². The molecule has 1 atom stereocenters. The molecule has 0 aliphatic rings. The second-order valence-corrected chi connectivity index (χ2v) is 9.87. The topological polar surface area (TPSA) is 110 Å². The van der Waals surface area contributed by atoms with Gasteiger partial charge in [0, 0.05) is 24.4 Å². The quantitative estimate of drug-likeness (QED) is 0.235. The summed E-state index contributed by atoms with van der Waals surface area (Å²) in [7, 11) is 0. The molecule has 0 saturated heterocycles. The Bertz CT molecular complexity index is 1560. The minimum absolute atomic E-state index is 0.0618. The number of aromatic nitrogens is 2. The molecule has 3 aromatic carbocycles. The fourth-order valence-corrected chi connectivity index (χ4v) is 4.43. The molecule has 0 radical (unpaired) electrons. The van der Waals surface area contributed by atoms with Crippen LogP contribution in [-0.4, -0.2) is 32.0 Å². The third-order valence-electron chi connectivity index (χ3n) is 6.40. The summed E-state index contributed by atoms with van der Waals surface area (Å²) >= 11 is 0. The lowest BCUT2D eigenvalue weighted by Gasteiger charge is -2.32. The van der Waals surface area contributed by atoms with Crippen LogP contribution in [0.1, 0.15) is 43.8 Å². The van der Waals surface area contributed by atoms with Crippen LogP contribution in [0.15, 0.2) is 71.5 Å². The molecule has 38 heavy (non-hydrogen) atoms. The van der Waals surface area contributed by atoms with Gasteiger partial charge in [0.1, 0.15) is 5.82 Å². The standard InChI is InChI=1S/C29H31N5O4/c1-18(2)17-32(29(36)30-22-12-14-23(15-13-22)34(37)38)21(5)27-31-25-9-7-6-8-24(25)28(35)33(27)26-16-19(3)10-11-20(26)4/h6-16,18,21H,17H2,1-5H3,(H,30,36). The number of carbonyl (C=O) groups excluding carboxylic acids is 1. The number of aryl methyl sites for hydroxylation is 2. The summed E-state index contributed by atoms with van der Waals surface area (Å²) in [5.74, 6) is 0.572. The minimum Gasteiger partial charge on any atom is -0.314 e. The van der Waals surface area contributed by atoms with E-state index >= 15 is 0 Å². The Morgan fingerprint density at radius 1 is 1.05 bits per heavy atom. The lowest BCUT2D eigenvalue weighted by Crippen LogP contribution is -2.41. The molecule has 0 fully saturated rings. The van der Waals surface area contributed by atoms with Gasteiger partial charge in [-0.15, -0.1) is 0 Å². The van der Waals surface area contributed by atoms with Crippen molar-refractivity contribution in [3.05, 3.63) is 104 Å². The van der Waals surface area contributed by atoms with Crippen molar-refractivity contribution in [1.82, 2.24) is 14.5 Å². The maximum Gasteiger partial charge on any atom is 0.322 e. The van der Waals surface area contributed by atoms with Gasteiger partial charge in [0.05, 0.1) is 27.6 Å². The van der Waals surface area contributed by atoms with Crippen molar-refractivity contribution >= 4 is 28.3 Å². The Balaban J connectivity index is 1.83. The molecule has 1 unspecified atom stereocenters. The number of nitro benzene ring substituents is 1. The van der Waals surface area contributed by atoms with Crippen LogP contribution in [0.3, 0.4) is 0 Å². The highest BCUT2D eigenvalue weighted by molar-refractivity contribution is 5.89. The van der Waals surface area contributed by atoms with Gasteiger partial charge in [0.15, 0.2) is 0 Å². The predicted molar refractivity (Wildman–Crippen MR) is 149 cm³/mol. The first kappa shape index (κ1) is 26.5. The number of urea groups is 1. The first-order chi connectivity index (χ1) is 18.1. The highest BCUT2D eigenvalue weighted by atomic mass is 16.6. The maximum atomic E-state index is 13.9. The Morgan fingerprint density at radius 3 is 2.39 bits per heavy atom. The largest absolute Gasteiger partial charge is 0.322 e. The Kier molecular flexibility index (Phi) is 7.57. The number of amides is 2. The van der Waals surface area contributed by atoms with Gasteiger partial charge >= 0.3 is 6.03 Å². The number of anilines is 1. The van der Waals surface area contributed by atoms with E-state index in [-0.39, 0.29) is 17.2 Å². The molecule has 9 nitrogen and oxygen atoms in total. The summed E-state index contributed by atoms with van der Waals surface area (Å²) in [6, 6.07) is 17.8. The number of nitrogens with one attached hydrogen (secondary N) is 1. The second kappa shape index (κ2) is 10.8.